The number of halogens is 4. The zero-order valence-electron chi connectivity index (χ0n) is 14.9. The van der Waals surface area contributed by atoms with E-state index in [1.807, 2.05) is 13.8 Å². The van der Waals surface area contributed by atoms with Crippen molar-refractivity contribution in [1.82, 2.24) is 0 Å². The SMILES string of the molecule is CO/C=C/[C@@H]1[C@@H](C(=O)OCc2c(F)c(F)c(COC)c(F)c2F)C1(C)C. The van der Waals surface area contributed by atoms with E-state index >= 15 is 0 Å². The van der Waals surface area contributed by atoms with Crippen LogP contribution in [0.1, 0.15) is 25.0 Å². The maximum absolute atomic E-state index is 14.0. The lowest BCUT2D eigenvalue weighted by Gasteiger charge is -2.12. The molecule has 0 bridgehead atoms. The minimum absolute atomic E-state index is 0.165. The van der Waals surface area contributed by atoms with Gasteiger partial charge in [0, 0.05) is 7.11 Å². The fourth-order valence-electron chi connectivity index (χ4n) is 3.00. The Hall–Kier alpha value is -2.09. The Balaban J connectivity index is 2.15. The van der Waals surface area contributed by atoms with E-state index in [2.05, 4.69) is 4.74 Å². The molecule has 144 valence electrons. The molecular weight excluding hydrogens is 356 g/mol. The van der Waals surface area contributed by atoms with Gasteiger partial charge in [0.2, 0.25) is 0 Å². The molecule has 0 amide bonds. The molecule has 1 aromatic carbocycles. The predicted octanol–water partition coefficient (Wildman–Crippen LogP) is 3.86. The second kappa shape index (κ2) is 7.65. The van der Waals surface area contributed by atoms with Crippen LogP contribution in [0.5, 0.6) is 0 Å². The molecule has 0 spiro atoms. The minimum atomic E-state index is -1.60. The van der Waals surface area contributed by atoms with Gasteiger partial charge >= 0.3 is 5.97 Å². The normalized spacial score (nSPS) is 21.1. The molecule has 2 atom stereocenters. The molecule has 0 N–H and O–H groups in total. The van der Waals surface area contributed by atoms with Crippen molar-refractivity contribution in [1.29, 1.82) is 0 Å². The number of hydrogen-bond donors (Lipinski definition) is 0. The minimum Gasteiger partial charge on any atom is -0.505 e. The van der Waals surface area contributed by atoms with E-state index in [0.717, 1.165) is 7.11 Å². The summed E-state index contributed by atoms with van der Waals surface area (Å²) >= 11 is 0. The Morgan fingerprint density at radius 2 is 1.50 bits per heavy atom. The summed E-state index contributed by atoms with van der Waals surface area (Å²) in [6.45, 7) is 2.10. The second-order valence-corrected chi connectivity index (χ2v) is 6.64. The van der Waals surface area contributed by atoms with Gasteiger partial charge in [0.1, 0.15) is 6.61 Å². The summed E-state index contributed by atoms with van der Waals surface area (Å²) in [4.78, 5) is 12.2. The highest BCUT2D eigenvalue weighted by molar-refractivity contribution is 5.78. The summed E-state index contributed by atoms with van der Waals surface area (Å²) in [5.74, 6) is -7.75. The van der Waals surface area contributed by atoms with Crippen molar-refractivity contribution in [3.8, 4) is 0 Å². The molecular formula is C18H20F4O4. The third-order valence-electron chi connectivity index (χ3n) is 4.68. The van der Waals surface area contributed by atoms with Gasteiger partial charge in [0.05, 0.1) is 37.0 Å². The number of methoxy groups -OCH3 is 2. The molecule has 0 aliphatic heterocycles. The maximum Gasteiger partial charge on any atom is 0.310 e. The zero-order valence-corrected chi connectivity index (χ0v) is 14.9. The van der Waals surface area contributed by atoms with Gasteiger partial charge in [-0.3, -0.25) is 4.79 Å². The molecule has 4 nitrogen and oxygen atoms in total. The molecule has 2 rings (SSSR count). The highest BCUT2D eigenvalue weighted by Crippen LogP contribution is 2.59. The van der Waals surface area contributed by atoms with Crippen molar-refractivity contribution in [2.24, 2.45) is 17.3 Å². The predicted molar refractivity (Wildman–Crippen MR) is 83.7 cm³/mol. The van der Waals surface area contributed by atoms with Gasteiger partial charge in [-0.05, 0) is 17.4 Å². The molecule has 0 heterocycles. The first-order chi connectivity index (χ1) is 12.2. The quantitative estimate of drug-likeness (QED) is 0.314. The van der Waals surface area contributed by atoms with Crippen molar-refractivity contribution >= 4 is 5.97 Å². The summed E-state index contributed by atoms with van der Waals surface area (Å²) in [5, 5.41) is 0. The number of hydrogen-bond acceptors (Lipinski definition) is 4. The fraction of sp³-hybridized carbons (Fsp3) is 0.500. The lowest BCUT2D eigenvalue weighted by molar-refractivity contribution is -0.147. The Bertz CT molecular complexity index is 701. The van der Waals surface area contributed by atoms with E-state index in [9.17, 15) is 22.4 Å². The van der Waals surface area contributed by atoms with E-state index < -0.39 is 64.9 Å². The number of ether oxygens (including phenoxy) is 3. The van der Waals surface area contributed by atoms with Crippen molar-refractivity contribution in [3.05, 3.63) is 46.7 Å². The summed E-state index contributed by atoms with van der Waals surface area (Å²) in [7, 11) is 2.59. The van der Waals surface area contributed by atoms with E-state index in [4.69, 9.17) is 9.47 Å². The topological polar surface area (TPSA) is 44.8 Å². The highest BCUT2D eigenvalue weighted by Gasteiger charge is 2.61. The Morgan fingerprint density at radius 3 is 1.96 bits per heavy atom. The lowest BCUT2D eigenvalue weighted by atomic mass is 10.1. The summed E-state index contributed by atoms with van der Waals surface area (Å²) in [6.07, 6.45) is 3.12. The van der Waals surface area contributed by atoms with E-state index in [1.165, 1.54) is 13.4 Å². The number of esters is 1. The van der Waals surface area contributed by atoms with Crippen LogP contribution in [0.3, 0.4) is 0 Å². The van der Waals surface area contributed by atoms with Crippen molar-refractivity contribution < 1.29 is 36.6 Å². The molecule has 1 aliphatic carbocycles. The average Bonchev–Trinajstić information content (AvgIpc) is 3.15. The number of allylic oxidation sites excluding steroid dienone is 1. The van der Waals surface area contributed by atoms with Gasteiger partial charge < -0.3 is 14.2 Å². The standard InChI is InChI=1S/C18H20F4O4/c1-18(2)11(5-6-24-3)12(18)17(23)26-8-10-15(21)13(19)9(7-25-4)14(20)16(10)22/h5-6,11-12H,7-8H2,1-4H3/b6-5+/t11-,12+/m1/s1. The van der Waals surface area contributed by atoms with E-state index in [-0.39, 0.29) is 5.92 Å². The first-order valence-electron chi connectivity index (χ1n) is 7.87. The molecule has 1 aromatic rings. The van der Waals surface area contributed by atoms with Gasteiger partial charge in [-0.2, -0.15) is 0 Å². The molecule has 1 fully saturated rings. The first kappa shape index (κ1) is 20.2. The van der Waals surface area contributed by atoms with Gasteiger partial charge in [0.15, 0.2) is 23.3 Å². The second-order valence-electron chi connectivity index (χ2n) is 6.64. The van der Waals surface area contributed by atoms with Gasteiger partial charge in [-0.1, -0.05) is 13.8 Å². The maximum atomic E-state index is 14.0. The largest absolute Gasteiger partial charge is 0.505 e. The van der Waals surface area contributed by atoms with Gasteiger partial charge in [-0.15, -0.1) is 0 Å². The smallest absolute Gasteiger partial charge is 0.310 e. The number of carbonyl (C=O) groups excluding carboxylic acids is 1. The van der Waals surface area contributed by atoms with Crippen LogP contribution in [0.2, 0.25) is 0 Å². The summed E-state index contributed by atoms with van der Waals surface area (Å²) in [6, 6.07) is 0. The van der Waals surface area contributed by atoms with Gasteiger partial charge in [0.25, 0.3) is 0 Å². The van der Waals surface area contributed by atoms with Crippen LogP contribution < -0.4 is 0 Å². The molecule has 1 saturated carbocycles. The van der Waals surface area contributed by atoms with Crippen molar-refractivity contribution in [2.75, 3.05) is 14.2 Å². The molecule has 1 aliphatic rings. The van der Waals surface area contributed by atoms with E-state index in [1.54, 1.807) is 6.08 Å². The monoisotopic (exact) mass is 376 g/mol. The molecule has 0 radical (unpaired) electrons. The van der Waals surface area contributed by atoms with Crippen LogP contribution in [0.15, 0.2) is 12.3 Å². The Kier molecular flexibility index (Phi) is 5.95. The van der Waals surface area contributed by atoms with Crippen LogP contribution in [0.25, 0.3) is 0 Å². The Morgan fingerprint density at radius 1 is 1.00 bits per heavy atom. The summed E-state index contributed by atoms with van der Waals surface area (Å²) in [5.41, 5.74) is -2.25. The molecule has 0 saturated heterocycles. The lowest BCUT2D eigenvalue weighted by Crippen LogP contribution is -2.15. The molecule has 8 heteroatoms. The number of benzene rings is 1. The number of rotatable bonds is 7. The van der Waals surface area contributed by atoms with Crippen LogP contribution in [0, 0.1) is 40.5 Å². The highest BCUT2D eigenvalue weighted by atomic mass is 19.2. The van der Waals surface area contributed by atoms with E-state index in [0.29, 0.717) is 0 Å². The molecule has 0 aromatic heterocycles. The van der Waals surface area contributed by atoms with Crippen LogP contribution in [0.4, 0.5) is 17.6 Å². The summed E-state index contributed by atoms with van der Waals surface area (Å²) < 4.78 is 70.1. The average molecular weight is 376 g/mol. The third kappa shape index (κ3) is 3.56. The molecule has 26 heavy (non-hydrogen) atoms. The molecule has 0 unspecified atom stereocenters. The van der Waals surface area contributed by atoms with Gasteiger partial charge in [-0.25, -0.2) is 17.6 Å². The Labute approximate surface area is 148 Å². The van der Waals surface area contributed by atoms with Crippen LogP contribution in [-0.4, -0.2) is 20.2 Å². The van der Waals surface area contributed by atoms with Crippen LogP contribution in [-0.2, 0) is 32.2 Å². The van der Waals surface area contributed by atoms with Crippen LogP contribution >= 0.6 is 0 Å². The zero-order chi connectivity index (χ0) is 19.6. The fourth-order valence-corrected chi connectivity index (χ4v) is 3.00. The number of carbonyl (C=O) groups is 1. The first-order valence-corrected chi connectivity index (χ1v) is 7.87. The third-order valence-corrected chi connectivity index (χ3v) is 4.68. The van der Waals surface area contributed by atoms with Crippen molar-refractivity contribution in [2.45, 2.75) is 27.1 Å². The van der Waals surface area contributed by atoms with Crippen molar-refractivity contribution in [3.63, 3.8) is 0 Å².